The number of nitrogens with one attached hydrogen (secondary N) is 1. The lowest BCUT2D eigenvalue weighted by Crippen LogP contribution is -2.23. The van der Waals surface area contributed by atoms with Gasteiger partial charge in [-0.2, -0.15) is 15.3 Å². The molecule has 1 unspecified atom stereocenters. The van der Waals surface area contributed by atoms with Gasteiger partial charge in [-0.15, -0.1) is 0 Å². The molecular formula is C12H17N5. The molecule has 0 aliphatic carbocycles. The molecule has 1 N–H and O–H groups in total. The number of likely N-dealkylation sites (N-methyl/N-ethyl adjacent to an activating group) is 1. The van der Waals surface area contributed by atoms with E-state index in [-0.39, 0.29) is 6.04 Å². The zero-order valence-corrected chi connectivity index (χ0v) is 10.2. The molecule has 2 aromatic rings. The Bertz CT molecular complexity index is 451. The molecular weight excluding hydrogens is 214 g/mol. The van der Waals surface area contributed by atoms with Crippen molar-refractivity contribution < 1.29 is 0 Å². The lowest BCUT2D eigenvalue weighted by atomic mass is 10.0. The fourth-order valence-corrected chi connectivity index (χ4v) is 1.87. The molecule has 5 nitrogen and oxygen atoms in total. The van der Waals surface area contributed by atoms with E-state index < -0.39 is 0 Å². The Morgan fingerprint density at radius 3 is 2.82 bits per heavy atom. The van der Waals surface area contributed by atoms with Crippen LogP contribution in [0.15, 0.2) is 30.9 Å². The van der Waals surface area contributed by atoms with Gasteiger partial charge in [0.15, 0.2) is 0 Å². The molecule has 0 bridgehead atoms. The Labute approximate surface area is 101 Å². The average molecular weight is 231 g/mol. The zero-order chi connectivity index (χ0) is 12.1. The van der Waals surface area contributed by atoms with Crippen LogP contribution in [0, 0.1) is 0 Å². The summed E-state index contributed by atoms with van der Waals surface area (Å²) in [6.45, 7) is 3.03. The van der Waals surface area contributed by atoms with Gasteiger partial charge in [0.25, 0.3) is 0 Å². The van der Waals surface area contributed by atoms with Gasteiger partial charge in [0.05, 0.1) is 12.4 Å². The monoisotopic (exact) mass is 231 g/mol. The summed E-state index contributed by atoms with van der Waals surface area (Å²) in [5.41, 5.74) is 2.38. The summed E-state index contributed by atoms with van der Waals surface area (Å²) in [6.07, 6.45) is 8.39. The van der Waals surface area contributed by atoms with Crippen LogP contribution < -0.4 is 5.32 Å². The minimum atomic E-state index is 0.264. The Hall–Kier alpha value is -1.75. The van der Waals surface area contributed by atoms with Gasteiger partial charge < -0.3 is 5.32 Å². The van der Waals surface area contributed by atoms with Gasteiger partial charge in [-0.25, -0.2) is 0 Å². The maximum Gasteiger partial charge on any atom is 0.0544 e. The average Bonchev–Trinajstić information content (AvgIpc) is 2.75. The fourth-order valence-electron chi connectivity index (χ4n) is 1.87. The largest absolute Gasteiger partial charge is 0.310 e. The Morgan fingerprint density at radius 1 is 1.35 bits per heavy atom. The summed E-state index contributed by atoms with van der Waals surface area (Å²) in [4.78, 5) is 0. The van der Waals surface area contributed by atoms with Crippen LogP contribution in [0.2, 0.25) is 0 Å². The Kier molecular flexibility index (Phi) is 3.82. The van der Waals surface area contributed by atoms with E-state index in [0.29, 0.717) is 0 Å². The highest BCUT2D eigenvalue weighted by atomic mass is 15.2. The van der Waals surface area contributed by atoms with Gasteiger partial charge in [0.2, 0.25) is 0 Å². The molecule has 0 saturated carbocycles. The van der Waals surface area contributed by atoms with Crippen molar-refractivity contribution in [1.29, 1.82) is 0 Å². The molecule has 2 rings (SSSR count). The predicted molar refractivity (Wildman–Crippen MR) is 65.4 cm³/mol. The summed E-state index contributed by atoms with van der Waals surface area (Å²) in [6, 6.07) is 2.26. The quantitative estimate of drug-likeness (QED) is 0.837. The number of aromatic nitrogens is 4. The molecule has 0 aliphatic heterocycles. The molecule has 1 atom stereocenters. The fraction of sp³-hybridized carbons (Fsp3) is 0.417. The number of nitrogens with zero attached hydrogens (tertiary/aromatic N) is 4. The second kappa shape index (κ2) is 5.54. The van der Waals surface area contributed by atoms with Crippen molar-refractivity contribution >= 4 is 0 Å². The number of rotatable bonds is 5. The van der Waals surface area contributed by atoms with Crippen LogP contribution in [0.25, 0.3) is 0 Å². The van der Waals surface area contributed by atoms with Gasteiger partial charge in [0, 0.05) is 25.5 Å². The SMILES string of the molecule is CCNC(Cc1cnn(C)c1)c1ccnnc1. The van der Waals surface area contributed by atoms with Crippen molar-refractivity contribution in [2.24, 2.45) is 7.05 Å². The lowest BCUT2D eigenvalue weighted by Gasteiger charge is -2.16. The first-order valence-electron chi connectivity index (χ1n) is 5.77. The van der Waals surface area contributed by atoms with Crippen LogP contribution >= 0.6 is 0 Å². The molecule has 90 valence electrons. The van der Waals surface area contributed by atoms with Crippen molar-refractivity contribution in [3.05, 3.63) is 42.0 Å². The smallest absolute Gasteiger partial charge is 0.0544 e. The summed E-state index contributed by atoms with van der Waals surface area (Å²) >= 11 is 0. The zero-order valence-electron chi connectivity index (χ0n) is 10.2. The van der Waals surface area contributed by atoms with E-state index in [1.807, 2.05) is 36.4 Å². The summed E-state index contributed by atoms with van der Waals surface area (Å²) in [5, 5.41) is 15.4. The molecule has 0 aromatic carbocycles. The maximum atomic E-state index is 4.18. The third-order valence-electron chi connectivity index (χ3n) is 2.66. The van der Waals surface area contributed by atoms with Gasteiger partial charge in [-0.3, -0.25) is 4.68 Å². The van der Waals surface area contributed by atoms with E-state index in [2.05, 4.69) is 27.5 Å². The highest BCUT2D eigenvalue weighted by Gasteiger charge is 2.12. The van der Waals surface area contributed by atoms with Crippen LogP contribution in [0.5, 0.6) is 0 Å². The molecule has 2 aromatic heterocycles. The van der Waals surface area contributed by atoms with Gasteiger partial charge in [-0.1, -0.05) is 6.92 Å². The van der Waals surface area contributed by atoms with Crippen molar-refractivity contribution in [1.82, 2.24) is 25.3 Å². The third-order valence-corrected chi connectivity index (χ3v) is 2.66. The van der Waals surface area contributed by atoms with E-state index in [1.165, 1.54) is 5.56 Å². The van der Waals surface area contributed by atoms with Crippen LogP contribution in [-0.4, -0.2) is 26.5 Å². The molecule has 0 aliphatic rings. The molecule has 0 radical (unpaired) electrons. The van der Waals surface area contributed by atoms with E-state index >= 15 is 0 Å². The van der Waals surface area contributed by atoms with Crippen LogP contribution in [-0.2, 0) is 13.5 Å². The second-order valence-electron chi connectivity index (χ2n) is 4.01. The number of aryl methyl sites for hydroxylation is 1. The Balaban J connectivity index is 2.13. The van der Waals surface area contributed by atoms with Gasteiger partial charge >= 0.3 is 0 Å². The van der Waals surface area contributed by atoms with Crippen LogP contribution in [0.1, 0.15) is 24.1 Å². The number of hydrogen-bond acceptors (Lipinski definition) is 4. The number of hydrogen-bond donors (Lipinski definition) is 1. The Morgan fingerprint density at radius 2 is 2.24 bits per heavy atom. The van der Waals surface area contributed by atoms with Crippen LogP contribution in [0.4, 0.5) is 0 Å². The molecule has 17 heavy (non-hydrogen) atoms. The lowest BCUT2D eigenvalue weighted by molar-refractivity contribution is 0.546. The first kappa shape index (κ1) is 11.7. The summed E-state index contributed by atoms with van der Waals surface area (Å²) in [7, 11) is 1.93. The van der Waals surface area contributed by atoms with Crippen molar-refractivity contribution in [3.8, 4) is 0 Å². The third kappa shape index (κ3) is 3.10. The first-order chi connectivity index (χ1) is 8.29. The van der Waals surface area contributed by atoms with Crippen LogP contribution in [0.3, 0.4) is 0 Å². The normalized spacial score (nSPS) is 12.6. The van der Waals surface area contributed by atoms with Crippen molar-refractivity contribution in [2.45, 2.75) is 19.4 Å². The molecule has 0 fully saturated rings. The van der Waals surface area contributed by atoms with Gasteiger partial charge in [0.1, 0.15) is 0 Å². The summed E-state index contributed by atoms with van der Waals surface area (Å²) < 4.78 is 1.82. The van der Waals surface area contributed by atoms with E-state index in [4.69, 9.17) is 0 Å². The first-order valence-corrected chi connectivity index (χ1v) is 5.77. The maximum absolute atomic E-state index is 4.18. The van der Waals surface area contributed by atoms with E-state index in [1.54, 1.807) is 6.20 Å². The van der Waals surface area contributed by atoms with Gasteiger partial charge in [-0.05, 0) is 30.2 Å². The predicted octanol–water partition coefficient (Wildman–Crippen LogP) is 1.10. The molecule has 5 heteroatoms. The summed E-state index contributed by atoms with van der Waals surface area (Å²) in [5.74, 6) is 0. The van der Waals surface area contributed by atoms with E-state index in [9.17, 15) is 0 Å². The molecule has 0 amide bonds. The minimum absolute atomic E-state index is 0.264. The van der Waals surface area contributed by atoms with E-state index in [0.717, 1.165) is 18.5 Å². The minimum Gasteiger partial charge on any atom is -0.310 e. The highest BCUT2D eigenvalue weighted by Crippen LogP contribution is 2.16. The molecule has 0 saturated heterocycles. The topological polar surface area (TPSA) is 55.6 Å². The second-order valence-corrected chi connectivity index (χ2v) is 4.01. The van der Waals surface area contributed by atoms with Crippen molar-refractivity contribution in [2.75, 3.05) is 6.54 Å². The van der Waals surface area contributed by atoms with Crippen molar-refractivity contribution in [3.63, 3.8) is 0 Å². The molecule has 0 spiro atoms. The molecule has 2 heterocycles. The highest BCUT2D eigenvalue weighted by molar-refractivity contribution is 5.16. The standard InChI is InChI=1S/C12H17N5/c1-3-13-12(11-4-5-14-15-8-11)6-10-7-16-17(2)9-10/h4-5,7-9,12-13H,3,6H2,1-2H3.